The molecule has 8 heteroatoms. The maximum atomic E-state index is 13.8. The van der Waals surface area contributed by atoms with Crippen LogP contribution in [-0.4, -0.2) is 31.3 Å². The third-order valence-corrected chi connectivity index (χ3v) is 4.89. The number of hydrogen-bond donors (Lipinski definition) is 0. The second kappa shape index (κ2) is 8.06. The molecule has 154 valence electrons. The van der Waals surface area contributed by atoms with Gasteiger partial charge in [0.05, 0.1) is 36.5 Å². The average molecular weight is 407 g/mol. The van der Waals surface area contributed by atoms with E-state index in [0.29, 0.717) is 40.6 Å². The van der Waals surface area contributed by atoms with Gasteiger partial charge in [-0.15, -0.1) is 0 Å². The van der Waals surface area contributed by atoms with Gasteiger partial charge in [-0.2, -0.15) is 5.10 Å². The monoisotopic (exact) mass is 407 g/mol. The summed E-state index contributed by atoms with van der Waals surface area (Å²) in [6.07, 6.45) is 5.42. The number of imidazole rings is 1. The summed E-state index contributed by atoms with van der Waals surface area (Å²) < 4.78 is 22.4. The smallest absolute Gasteiger partial charge is 0.251 e. The van der Waals surface area contributed by atoms with E-state index >= 15 is 0 Å². The van der Waals surface area contributed by atoms with E-state index < -0.39 is 5.82 Å². The molecule has 0 N–H and O–H groups in total. The maximum Gasteiger partial charge on any atom is 0.251 e. The van der Waals surface area contributed by atoms with Crippen LogP contribution in [0.2, 0.25) is 0 Å². The van der Waals surface area contributed by atoms with Crippen LogP contribution >= 0.6 is 0 Å². The second-order valence-corrected chi connectivity index (χ2v) is 7.47. The summed E-state index contributed by atoms with van der Waals surface area (Å²) in [5, 5.41) is 4.63. The van der Waals surface area contributed by atoms with Crippen molar-refractivity contribution in [1.29, 1.82) is 0 Å². The first-order chi connectivity index (χ1) is 14.5. The van der Waals surface area contributed by atoms with E-state index in [0.717, 1.165) is 12.6 Å². The molecule has 0 aliphatic rings. The van der Waals surface area contributed by atoms with E-state index in [2.05, 4.69) is 28.9 Å². The Hall–Kier alpha value is -3.55. The fourth-order valence-corrected chi connectivity index (χ4v) is 3.23. The highest BCUT2D eigenvalue weighted by Crippen LogP contribution is 2.29. The third-order valence-electron chi connectivity index (χ3n) is 4.89. The van der Waals surface area contributed by atoms with Crippen molar-refractivity contribution in [2.45, 2.75) is 26.8 Å². The first kappa shape index (κ1) is 19.8. The molecule has 0 fully saturated rings. The van der Waals surface area contributed by atoms with Crippen molar-refractivity contribution in [3.05, 3.63) is 65.1 Å². The van der Waals surface area contributed by atoms with Crippen LogP contribution in [0.1, 0.15) is 20.3 Å². The summed E-state index contributed by atoms with van der Waals surface area (Å²) in [4.78, 5) is 20.8. The molecule has 0 aromatic carbocycles. The van der Waals surface area contributed by atoms with E-state index in [4.69, 9.17) is 4.74 Å². The molecule has 0 radical (unpaired) electrons. The summed E-state index contributed by atoms with van der Waals surface area (Å²) in [5.74, 6) is 0.315. The maximum absolute atomic E-state index is 13.8. The largest absolute Gasteiger partial charge is 0.481 e. The Morgan fingerprint density at radius 3 is 2.70 bits per heavy atom. The van der Waals surface area contributed by atoms with Gasteiger partial charge in [0.25, 0.3) is 5.56 Å². The topological polar surface area (TPSA) is 74.3 Å². The number of methoxy groups -OCH3 is 1. The van der Waals surface area contributed by atoms with Crippen molar-refractivity contribution in [3.8, 4) is 28.4 Å². The Bertz CT molecular complexity index is 1260. The highest BCUT2D eigenvalue weighted by molar-refractivity contribution is 5.69. The number of fused-ring (bicyclic) bond motifs is 1. The molecule has 0 aliphatic heterocycles. The van der Waals surface area contributed by atoms with Crippen LogP contribution in [0, 0.1) is 11.7 Å². The van der Waals surface area contributed by atoms with Gasteiger partial charge in [0.1, 0.15) is 5.82 Å². The van der Waals surface area contributed by atoms with Gasteiger partial charge >= 0.3 is 0 Å². The van der Waals surface area contributed by atoms with Crippen LogP contribution in [0.4, 0.5) is 4.39 Å². The summed E-state index contributed by atoms with van der Waals surface area (Å²) in [6.45, 7) is 4.94. The van der Waals surface area contributed by atoms with Crippen LogP contribution in [0.3, 0.4) is 0 Å². The Labute approximate surface area is 172 Å². The molecule has 4 heterocycles. The number of rotatable bonds is 6. The van der Waals surface area contributed by atoms with Gasteiger partial charge in [-0.05, 0) is 36.6 Å². The van der Waals surface area contributed by atoms with Crippen LogP contribution in [0.25, 0.3) is 28.2 Å². The molecule has 4 aromatic rings. The molecular formula is C22H22FN5O2. The van der Waals surface area contributed by atoms with E-state index in [1.54, 1.807) is 39.7 Å². The van der Waals surface area contributed by atoms with Gasteiger partial charge in [0.15, 0.2) is 5.65 Å². The summed E-state index contributed by atoms with van der Waals surface area (Å²) in [7, 11) is 1.47. The van der Waals surface area contributed by atoms with E-state index in [9.17, 15) is 9.18 Å². The molecule has 0 saturated heterocycles. The summed E-state index contributed by atoms with van der Waals surface area (Å²) in [5.41, 5.74) is 2.81. The minimum Gasteiger partial charge on any atom is -0.481 e. The fraction of sp³-hybridized carbons (Fsp3) is 0.273. The van der Waals surface area contributed by atoms with Gasteiger partial charge in [-0.3, -0.25) is 4.79 Å². The third kappa shape index (κ3) is 3.80. The van der Waals surface area contributed by atoms with Crippen LogP contribution in [-0.2, 0) is 6.54 Å². The number of halogens is 1. The number of ether oxygens (including phenoxy) is 1. The highest BCUT2D eigenvalue weighted by Gasteiger charge is 2.15. The molecule has 4 rings (SSSR count). The number of pyridine rings is 2. The van der Waals surface area contributed by atoms with Crippen molar-refractivity contribution in [3.63, 3.8) is 0 Å². The predicted molar refractivity (Wildman–Crippen MR) is 112 cm³/mol. The lowest BCUT2D eigenvalue weighted by molar-refractivity contribution is 0.397. The molecule has 0 saturated carbocycles. The molecular weight excluding hydrogens is 385 g/mol. The zero-order chi connectivity index (χ0) is 21.3. The number of aromatic nitrogens is 5. The Morgan fingerprint density at radius 2 is 1.97 bits per heavy atom. The minimum atomic E-state index is -0.484. The Morgan fingerprint density at radius 1 is 1.13 bits per heavy atom. The lowest BCUT2D eigenvalue weighted by atomic mass is 10.1. The number of aryl methyl sites for hydroxylation is 1. The Kier molecular flexibility index (Phi) is 5.31. The van der Waals surface area contributed by atoms with Gasteiger partial charge < -0.3 is 9.30 Å². The van der Waals surface area contributed by atoms with Crippen molar-refractivity contribution >= 4 is 5.65 Å². The van der Waals surface area contributed by atoms with Gasteiger partial charge in [-0.1, -0.05) is 13.8 Å². The minimum absolute atomic E-state index is 0.0723. The molecule has 7 nitrogen and oxygen atoms in total. The van der Waals surface area contributed by atoms with E-state index in [1.165, 1.54) is 13.2 Å². The lowest BCUT2D eigenvalue weighted by Crippen LogP contribution is -2.19. The Balaban J connectivity index is 1.76. The van der Waals surface area contributed by atoms with Gasteiger partial charge in [0, 0.05) is 24.4 Å². The second-order valence-electron chi connectivity index (χ2n) is 7.47. The van der Waals surface area contributed by atoms with E-state index in [-0.39, 0.29) is 11.4 Å². The molecule has 0 amide bonds. The van der Waals surface area contributed by atoms with Crippen LogP contribution in [0.15, 0.2) is 53.7 Å². The average Bonchev–Trinajstić information content (AvgIpc) is 3.15. The first-order valence-electron chi connectivity index (χ1n) is 9.72. The predicted octanol–water partition coefficient (Wildman–Crippen LogP) is 3.81. The quantitative estimate of drug-likeness (QED) is 0.486. The standard InChI is InChI=1S/C22H22FN5O2/c1-14(2)6-8-27-9-7-15(10-21(27)29)18-4-5-20-24-13-19(28(20)26-18)17-11-16(23)12-25-22(17)30-3/h4-5,7,9-14H,6,8H2,1-3H3. The van der Waals surface area contributed by atoms with Crippen molar-refractivity contribution in [2.75, 3.05) is 7.11 Å². The van der Waals surface area contributed by atoms with Crippen molar-refractivity contribution in [2.24, 2.45) is 5.92 Å². The normalized spacial score (nSPS) is 11.4. The molecule has 4 aromatic heterocycles. The number of nitrogens with zero attached hydrogens (tertiary/aromatic N) is 5. The van der Waals surface area contributed by atoms with Gasteiger partial charge in [0.2, 0.25) is 5.88 Å². The van der Waals surface area contributed by atoms with Crippen LogP contribution in [0.5, 0.6) is 5.88 Å². The van der Waals surface area contributed by atoms with E-state index in [1.807, 2.05) is 6.07 Å². The zero-order valence-electron chi connectivity index (χ0n) is 17.0. The molecule has 0 aliphatic carbocycles. The van der Waals surface area contributed by atoms with Crippen molar-refractivity contribution in [1.82, 2.24) is 24.1 Å². The summed E-state index contributed by atoms with van der Waals surface area (Å²) in [6, 6.07) is 8.39. The first-order valence-corrected chi connectivity index (χ1v) is 9.72. The zero-order valence-corrected chi connectivity index (χ0v) is 17.0. The number of hydrogen-bond acceptors (Lipinski definition) is 5. The molecule has 30 heavy (non-hydrogen) atoms. The molecule has 0 atom stereocenters. The molecule has 0 unspecified atom stereocenters. The van der Waals surface area contributed by atoms with Crippen LogP contribution < -0.4 is 10.3 Å². The van der Waals surface area contributed by atoms with Gasteiger partial charge in [-0.25, -0.2) is 18.9 Å². The summed E-state index contributed by atoms with van der Waals surface area (Å²) >= 11 is 0. The molecule has 0 spiro atoms. The fourth-order valence-electron chi connectivity index (χ4n) is 3.23. The molecule has 0 bridgehead atoms. The SMILES string of the molecule is COc1ncc(F)cc1-c1cnc2ccc(-c3ccn(CCC(C)C)c(=O)c3)nn12. The van der Waals surface area contributed by atoms with Crippen molar-refractivity contribution < 1.29 is 9.13 Å². The highest BCUT2D eigenvalue weighted by atomic mass is 19.1. The lowest BCUT2D eigenvalue weighted by Gasteiger charge is -2.10.